The van der Waals surface area contributed by atoms with Crippen LogP contribution in [0.25, 0.3) is 0 Å². The zero-order chi connectivity index (χ0) is 10.8. The summed E-state index contributed by atoms with van der Waals surface area (Å²) < 4.78 is 36.4. The molecule has 0 heterocycles. The van der Waals surface area contributed by atoms with Gasteiger partial charge in [-0.05, 0) is 19.4 Å². The summed E-state index contributed by atoms with van der Waals surface area (Å²) in [4.78, 5) is 12.5. The van der Waals surface area contributed by atoms with Crippen molar-refractivity contribution < 1.29 is 18.0 Å². The van der Waals surface area contributed by atoms with Gasteiger partial charge in [0.25, 0.3) is 0 Å². The molecule has 0 aromatic heterocycles. The number of hydrogen-bond acceptors (Lipinski definition) is 2. The van der Waals surface area contributed by atoms with E-state index in [1.54, 1.807) is 6.92 Å². The van der Waals surface area contributed by atoms with Gasteiger partial charge in [-0.25, -0.2) is 0 Å². The van der Waals surface area contributed by atoms with E-state index in [0.717, 1.165) is 6.42 Å². The van der Waals surface area contributed by atoms with Crippen LogP contribution in [0.1, 0.15) is 26.2 Å². The first-order valence-electron chi connectivity index (χ1n) is 4.77. The third-order valence-electron chi connectivity index (χ3n) is 2.50. The van der Waals surface area contributed by atoms with Crippen molar-refractivity contribution in [3.63, 3.8) is 0 Å². The van der Waals surface area contributed by atoms with Gasteiger partial charge in [-0.2, -0.15) is 13.2 Å². The van der Waals surface area contributed by atoms with Gasteiger partial charge in [0.15, 0.2) is 0 Å². The number of rotatable bonds is 3. The molecule has 0 amide bonds. The predicted octanol–water partition coefficient (Wildman–Crippen LogP) is 1.99. The molecule has 14 heavy (non-hydrogen) atoms. The number of carbonyl (C=O) groups is 1. The monoisotopic (exact) mass is 209 g/mol. The van der Waals surface area contributed by atoms with E-state index in [9.17, 15) is 18.0 Å². The Labute approximate surface area is 81.1 Å². The van der Waals surface area contributed by atoms with E-state index >= 15 is 0 Å². The summed E-state index contributed by atoms with van der Waals surface area (Å²) in [6, 6.07) is -0.498. The van der Waals surface area contributed by atoms with E-state index in [1.807, 2.05) is 0 Å². The lowest BCUT2D eigenvalue weighted by atomic mass is 10.2. The van der Waals surface area contributed by atoms with Crippen molar-refractivity contribution in [2.75, 3.05) is 13.1 Å². The summed E-state index contributed by atoms with van der Waals surface area (Å²) in [6.07, 6.45) is -2.49. The normalized spacial score (nSPS) is 23.5. The van der Waals surface area contributed by atoms with Crippen LogP contribution in [-0.2, 0) is 4.79 Å². The van der Waals surface area contributed by atoms with Crippen LogP contribution in [0.2, 0.25) is 0 Å². The number of alkyl halides is 3. The largest absolute Gasteiger partial charge is 0.401 e. The van der Waals surface area contributed by atoms with Crippen molar-refractivity contribution in [2.24, 2.45) is 0 Å². The summed E-state index contributed by atoms with van der Waals surface area (Å²) in [5, 5.41) is 0. The molecule has 0 aromatic carbocycles. The lowest BCUT2D eigenvalue weighted by Crippen LogP contribution is -2.43. The first kappa shape index (κ1) is 11.5. The fourth-order valence-corrected chi connectivity index (χ4v) is 1.86. The molecule has 0 radical (unpaired) electrons. The molecule has 0 N–H and O–H groups in total. The van der Waals surface area contributed by atoms with Gasteiger partial charge in [0.05, 0.1) is 12.6 Å². The number of likely N-dealkylation sites (N-methyl/N-ethyl adjacent to an activating group) is 1. The lowest BCUT2D eigenvalue weighted by molar-refractivity contribution is -0.152. The van der Waals surface area contributed by atoms with Crippen molar-refractivity contribution >= 4 is 5.78 Å². The minimum Gasteiger partial charge on any atom is -0.298 e. The quantitative estimate of drug-likeness (QED) is 0.708. The maximum atomic E-state index is 12.1. The highest BCUT2D eigenvalue weighted by Gasteiger charge is 2.37. The van der Waals surface area contributed by atoms with Gasteiger partial charge in [-0.3, -0.25) is 9.69 Å². The van der Waals surface area contributed by atoms with Crippen LogP contribution >= 0.6 is 0 Å². The second-order valence-corrected chi connectivity index (χ2v) is 3.55. The molecule has 1 atom stereocenters. The Morgan fingerprint density at radius 2 is 2.14 bits per heavy atom. The molecule has 1 fully saturated rings. The molecule has 5 heteroatoms. The maximum absolute atomic E-state index is 12.1. The molecule has 1 unspecified atom stereocenters. The Morgan fingerprint density at radius 3 is 2.50 bits per heavy atom. The van der Waals surface area contributed by atoms with Gasteiger partial charge >= 0.3 is 6.18 Å². The van der Waals surface area contributed by atoms with Crippen molar-refractivity contribution in [2.45, 2.75) is 38.4 Å². The van der Waals surface area contributed by atoms with E-state index in [4.69, 9.17) is 0 Å². The zero-order valence-electron chi connectivity index (χ0n) is 8.10. The van der Waals surface area contributed by atoms with Crippen molar-refractivity contribution in [3.05, 3.63) is 0 Å². The third kappa shape index (κ3) is 2.97. The van der Waals surface area contributed by atoms with Gasteiger partial charge in [-0.1, -0.05) is 6.92 Å². The number of carbonyl (C=O) groups excluding carboxylic acids is 1. The minimum atomic E-state index is -4.21. The number of halogens is 3. The van der Waals surface area contributed by atoms with E-state index in [-0.39, 0.29) is 12.3 Å². The second kappa shape index (κ2) is 4.29. The standard InChI is InChI=1S/C9H14F3NO/c1-2-13(6-9(10,11)12)7-4-3-5-8(7)14/h7H,2-6H2,1H3. The Hall–Kier alpha value is -0.580. The first-order chi connectivity index (χ1) is 6.44. The molecule has 1 aliphatic rings. The summed E-state index contributed by atoms with van der Waals surface area (Å²) in [5.74, 6) is -0.0453. The molecule has 0 saturated heterocycles. The van der Waals surface area contributed by atoms with Gasteiger partial charge in [0, 0.05) is 6.42 Å². The average molecular weight is 209 g/mol. The van der Waals surface area contributed by atoms with Crippen LogP contribution < -0.4 is 0 Å². The Morgan fingerprint density at radius 1 is 1.50 bits per heavy atom. The molecule has 1 saturated carbocycles. The molecule has 0 bridgehead atoms. The number of ketones is 1. The highest BCUT2D eigenvalue weighted by Crippen LogP contribution is 2.24. The Bertz CT molecular complexity index is 215. The topological polar surface area (TPSA) is 20.3 Å². The van der Waals surface area contributed by atoms with Crippen LogP contribution in [0, 0.1) is 0 Å². The van der Waals surface area contributed by atoms with E-state index < -0.39 is 18.8 Å². The van der Waals surface area contributed by atoms with E-state index in [2.05, 4.69) is 0 Å². The molecule has 1 aliphatic carbocycles. The van der Waals surface area contributed by atoms with Crippen LogP contribution in [0.5, 0.6) is 0 Å². The molecule has 0 spiro atoms. The summed E-state index contributed by atoms with van der Waals surface area (Å²) in [7, 11) is 0. The molecule has 2 nitrogen and oxygen atoms in total. The lowest BCUT2D eigenvalue weighted by Gasteiger charge is -2.26. The smallest absolute Gasteiger partial charge is 0.298 e. The van der Waals surface area contributed by atoms with Crippen LogP contribution in [0.15, 0.2) is 0 Å². The second-order valence-electron chi connectivity index (χ2n) is 3.55. The molecule has 1 rings (SSSR count). The van der Waals surface area contributed by atoms with Crippen molar-refractivity contribution in [1.82, 2.24) is 4.90 Å². The third-order valence-corrected chi connectivity index (χ3v) is 2.50. The Balaban J connectivity index is 2.57. The molecule has 0 aromatic rings. The van der Waals surface area contributed by atoms with Crippen LogP contribution in [0.3, 0.4) is 0 Å². The number of hydrogen-bond donors (Lipinski definition) is 0. The highest BCUT2D eigenvalue weighted by molar-refractivity contribution is 5.85. The van der Waals surface area contributed by atoms with Gasteiger partial charge < -0.3 is 0 Å². The van der Waals surface area contributed by atoms with Crippen molar-refractivity contribution in [3.8, 4) is 0 Å². The van der Waals surface area contributed by atoms with Gasteiger partial charge in [-0.15, -0.1) is 0 Å². The fourth-order valence-electron chi connectivity index (χ4n) is 1.86. The highest BCUT2D eigenvalue weighted by atomic mass is 19.4. The van der Waals surface area contributed by atoms with Gasteiger partial charge in [0.1, 0.15) is 5.78 Å². The van der Waals surface area contributed by atoms with Crippen LogP contribution in [-0.4, -0.2) is 36.0 Å². The molecular formula is C9H14F3NO. The maximum Gasteiger partial charge on any atom is 0.401 e. The average Bonchev–Trinajstić information content (AvgIpc) is 2.45. The number of Topliss-reactive ketones (excluding diaryl/α,β-unsaturated/α-hetero) is 1. The van der Waals surface area contributed by atoms with E-state index in [1.165, 1.54) is 4.90 Å². The zero-order valence-corrected chi connectivity index (χ0v) is 8.10. The minimum absolute atomic E-state index is 0.0453. The van der Waals surface area contributed by atoms with Gasteiger partial charge in [0.2, 0.25) is 0 Å². The first-order valence-corrected chi connectivity index (χ1v) is 4.77. The molecule has 0 aliphatic heterocycles. The predicted molar refractivity (Wildman–Crippen MR) is 45.9 cm³/mol. The SMILES string of the molecule is CCN(CC(F)(F)F)C1CCCC1=O. The fraction of sp³-hybridized carbons (Fsp3) is 0.889. The Kier molecular flexibility index (Phi) is 3.53. The van der Waals surface area contributed by atoms with Crippen molar-refractivity contribution in [1.29, 1.82) is 0 Å². The number of nitrogens with zero attached hydrogens (tertiary/aromatic N) is 1. The van der Waals surface area contributed by atoms with Crippen LogP contribution in [0.4, 0.5) is 13.2 Å². The molecule has 82 valence electrons. The molecular weight excluding hydrogens is 195 g/mol. The summed E-state index contributed by atoms with van der Waals surface area (Å²) >= 11 is 0. The summed E-state index contributed by atoms with van der Waals surface area (Å²) in [6.45, 7) is 0.952. The summed E-state index contributed by atoms with van der Waals surface area (Å²) in [5.41, 5.74) is 0. The van der Waals surface area contributed by atoms with E-state index in [0.29, 0.717) is 12.8 Å².